The first-order valence-corrected chi connectivity index (χ1v) is 5.57. The van der Waals surface area contributed by atoms with Gasteiger partial charge in [0.15, 0.2) is 0 Å². The van der Waals surface area contributed by atoms with Crippen molar-refractivity contribution in [3.8, 4) is 0 Å². The van der Waals surface area contributed by atoms with Gasteiger partial charge in [0, 0.05) is 19.7 Å². The van der Waals surface area contributed by atoms with E-state index in [0.717, 1.165) is 38.8 Å². The predicted octanol–water partition coefficient (Wildman–Crippen LogP) is -0.173. The summed E-state index contributed by atoms with van der Waals surface area (Å²) in [4.78, 5) is 0. The van der Waals surface area contributed by atoms with Crippen molar-refractivity contribution in [1.82, 2.24) is 10.6 Å². The number of rotatable bonds is 3. The van der Waals surface area contributed by atoms with Crippen LogP contribution in [0.25, 0.3) is 0 Å². The number of piperidine rings is 1. The summed E-state index contributed by atoms with van der Waals surface area (Å²) in [5, 5.41) is 16.7. The van der Waals surface area contributed by atoms with Crippen LogP contribution in [0.5, 0.6) is 0 Å². The predicted molar refractivity (Wildman–Crippen MR) is 54.0 cm³/mol. The summed E-state index contributed by atoms with van der Waals surface area (Å²) in [5.74, 6) is 0. The zero-order chi connectivity index (χ0) is 9.86. The van der Waals surface area contributed by atoms with Crippen molar-refractivity contribution >= 4 is 0 Å². The zero-order valence-corrected chi connectivity index (χ0v) is 8.59. The fourth-order valence-corrected chi connectivity index (χ4v) is 2.15. The minimum Gasteiger partial charge on any atom is -0.387 e. The largest absolute Gasteiger partial charge is 0.387 e. The third-order valence-corrected chi connectivity index (χ3v) is 3.04. The van der Waals surface area contributed by atoms with E-state index < -0.39 is 5.60 Å². The monoisotopic (exact) mass is 200 g/mol. The summed E-state index contributed by atoms with van der Waals surface area (Å²) in [6.45, 7) is 3.23. The highest BCUT2D eigenvalue weighted by Crippen LogP contribution is 2.16. The molecule has 2 unspecified atom stereocenters. The van der Waals surface area contributed by atoms with E-state index in [-0.39, 0.29) is 6.23 Å². The minimum absolute atomic E-state index is 0.168. The van der Waals surface area contributed by atoms with Gasteiger partial charge in [-0.15, -0.1) is 0 Å². The molecular formula is C10H20N2O2. The Kier molecular flexibility index (Phi) is 3.38. The number of nitrogens with one attached hydrogen (secondary N) is 2. The molecule has 82 valence electrons. The zero-order valence-electron chi connectivity index (χ0n) is 8.59. The Balaban J connectivity index is 1.72. The molecule has 0 aromatic heterocycles. The molecule has 0 radical (unpaired) electrons. The lowest BCUT2D eigenvalue weighted by molar-refractivity contribution is -0.00405. The lowest BCUT2D eigenvalue weighted by atomic mass is 9.94. The number of aliphatic hydroxyl groups is 1. The maximum absolute atomic E-state index is 10.2. The molecule has 0 aromatic carbocycles. The van der Waals surface area contributed by atoms with Crippen LogP contribution >= 0.6 is 0 Å². The standard InChI is InChI=1S/C10H20N2O2/c13-10(4-2-5-11-7-10)8-12-9-3-1-6-14-9/h9,11-13H,1-8H2. The SMILES string of the molecule is OC1(CNC2CCCO2)CCCNC1. The van der Waals surface area contributed by atoms with Crippen molar-refractivity contribution in [1.29, 1.82) is 0 Å². The van der Waals surface area contributed by atoms with E-state index in [4.69, 9.17) is 4.74 Å². The third-order valence-electron chi connectivity index (χ3n) is 3.04. The van der Waals surface area contributed by atoms with Gasteiger partial charge in [0.25, 0.3) is 0 Å². The Bertz CT molecular complexity index is 175. The van der Waals surface area contributed by atoms with E-state index in [9.17, 15) is 5.11 Å². The molecule has 4 heteroatoms. The van der Waals surface area contributed by atoms with Gasteiger partial charge in [-0.05, 0) is 32.2 Å². The summed E-state index contributed by atoms with van der Waals surface area (Å²) < 4.78 is 5.45. The lowest BCUT2D eigenvalue weighted by Gasteiger charge is -2.33. The summed E-state index contributed by atoms with van der Waals surface area (Å²) in [6, 6.07) is 0. The van der Waals surface area contributed by atoms with Crippen molar-refractivity contribution in [2.24, 2.45) is 0 Å². The Morgan fingerprint density at radius 2 is 2.43 bits per heavy atom. The molecule has 2 atom stereocenters. The molecule has 0 aromatic rings. The maximum Gasteiger partial charge on any atom is 0.108 e. The Hall–Kier alpha value is -0.160. The molecule has 0 aliphatic carbocycles. The van der Waals surface area contributed by atoms with E-state index >= 15 is 0 Å². The highest BCUT2D eigenvalue weighted by Gasteiger charge is 2.30. The summed E-state index contributed by atoms with van der Waals surface area (Å²) >= 11 is 0. The van der Waals surface area contributed by atoms with Crippen molar-refractivity contribution in [2.75, 3.05) is 26.2 Å². The average molecular weight is 200 g/mol. The summed E-state index contributed by atoms with van der Waals surface area (Å²) in [5.41, 5.74) is -0.565. The van der Waals surface area contributed by atoms with E-state index in [1.54, 1.807) is 0 Å². The van der Waals surface area contributed by atoms with Crippen molar-refractivity contribution < 1.29 is 9.84 Å². The number of hydrogen-bond donors (Lipinski definition) is 3. The van der Waals surface area contributed by atoms with Crippen LogP contribution in [-0.2, 0) is 4.74 Å². The molecule has 4 nitrogen and oxygen atoms in total. The van der Waals surface area contributed by atoms with Gasteiger partial charge >= 0.3 is 0 Å². The van der Waals surface area contributed by atoms with Crippen LogP contribution in [0.1, 0.15) is 25.7 Å². The molecule has 0 spiro atoms. The maximum atomic E-state index is 10.2. The first kappa shape index (κ1) is 10.4. The van der Waals surface area contributed by atoms with Gasteiger partial charge in [-0.1, -0.05) is 0 Å². The lowest BCUT2D eigenvalue weighted by Crippen LogP contribution is -2.53. The molecule has 2 saturated heterocycles. The number of hydrogen-bond acceptors (Lipinski definition) is 4. The smallest absolute Gasteiger partial charge is 0.108 e. The second-order valence-electron chi connectivity index (χ2n) is 4.39. The van der Waals surface area contributed by atoms with Crippen LogP contribution in [0, 0.1) is 0 Å². The van der Waals surface area contributed by atoms with E-state index in [1.807, 2.05) is 0 Å². The van der Waals surface area contributed by atoms with Crippen molar-refractivity contribution in [3.63, 3.8) is 0 Å². The van der Waals surface area contributed by atoms with Gasteiger partial charge in [-0.2, -0.15) is 0 Å². The average Bonchev–Trinajstić information content (AvgIpc) is 2.69. The van der Waals surface area contributed by atoms with E-state index in [1.165, 1.54) is 0 Å². The van der Waals surface area contributed by atoms with Crippen molar-refractivity contribution in [3.05, 3.63) is 0 Å². The second-order valence-corrected chi connectivity index (χ2v) is 4.39. The fraction of sp³-hybridized carbons (Fsp3) is 1.00. The molecule has 0 bridgehead atoms. The Morgan fingerprint density at radius 1 is 1.50 bits per heavy atom. The van der Waals surface area contributed by atoms with Crippen molar-refractivity contribution in [2.45, 2.75) is 37.5 Å². The number of β-amino-alcohol motifs (C(OH)–C–C–N with tert-alkyl or cyclic N) is 1. The van der Waals surface area contributed by atoms with Crippen LogP contribution < -0.4 is 10.6 Å². The Morgan fingerprint density at radius 3 is 3.07 bits per heavy atom. The van der Waals surface area contributed by atoms with Crippen LogP contribution in [-0.4, -0.2) is 43.2 Å². The van der Waals surface area contributed by atoms with Crippen LogP contribution in [0.4, 0.5) is 0 Å². The summed E-state index contributed by atoms with van der Waals surface area (Å²) in [7, 11) is 0. The molecule has 14 heavy (non-hydrogen) atoms. The first-order chi connectivity index (χ1) is 6.79. The van der Waals surface area contributed by atoms with Crippen LogP contribution in [0.2, 0.25) is 0 Å². The fourth-order valence-electron chi connectivity index (χ4n) is 2.15. The quantitative estimate of drug-likeness (QED) is 0.592. The molecular weight excluding hydrogens is 180 g/mol. The van der Waals surface area contributed by atoms with Gasteiger partial charge in [0.1, 0.15) is 6.23 Å². The van der Waals surface area contributed by atoms with Crippen LogP contribution in [0.15, 0.2) is 0 Å². The second kappa shape index (κ2) is 4.57. The molecule has 2 aliphatic rings. The Labute approximate surface area is 85.0 Å². The number of ether oxygens (including phenoxy) is 1. The third kappa shape index (κ3) is 2.67. The van der Waals surface area contributed by atoms with Gasteiger partial charge in [-0.25, -0.2) is 0 Å². The molecule has 3 N–H and O–H groups in total. The van der Waals surface area contributed by atoms with E-state index in [0.29, 0.717) is 13.1 Å². The molecule has 0 saturated carbocycles. The molecule has 0 amide bonds. The minimum atomic E-state index is -0.565. The van der Waals surface area contributed by atoms with Gasteiger partial charge < -0.3 is 15.2 Å². The van der Waals surface area contributed by atoms with Crippen LogP contribution in [0.3, 0.4) is 0 Å². The highest BCUT2D eigenvalue weighted by molar-refractivity contribution is 4.87. The topological polar surface area (TPSA) is 53.5 Å². The normalized spacial score (nSPS) is 38.8. The summed E-state index contributed by atoms with van der Waals surface area (Å²) in [6.07, 6.45) is 4.32. The van der Waals surface area contributed by atoms with Gasteiger partial charge in [0.05, 0.1) is 5.60 Å². The first-order valence-electron chi connectivity index (χ1n) is 5.57. The molecule has 2 rings (SSSR count). The molecule has 2 heterocycles. The molecule has 2 fully saturated rings. The van der Waals surface area contributed by atoms with E-state index in [2.05, 4.69) is 10.6 Å². The highest BCUT2D eigenvalue weighted by atomic mass is 16.5. The van der Waals surface area contributed by atoms with Gasteiger partial charge in [-0.3, -0.25) is 5.32 Å². The van der Waals surface area contributed by atoms with Gasteiger partial charge in [0.2, 0.25) is 0 Å². The molecule has 2 aliphatic heterocycles.